The Morgan fingerprint density at radius 3 is 2.22 bits per heavy atom. The number of benzene rings is 2. The molecule has 0 atom stereocenters. The van der Waals surface area contributed by atoms with E-state index in [4.69, 9.17) is 5.73 Å². The molecule has 5 heteroatoms. The Balaban J connectivity index is 2.33. The van der Waals surface area contributed by atoms with Gasteiger partial charge in [-0.25, -0.2) is 8.42 Å². The van der Waals surface area contributed by atoms with Crippen molar-refractivity contribution in [1.29, 1.82) is 0 Å². The third kappa shape index (κ3) is 2.91. The smallest absolute Gasteiger partial charge is 0.182 e. The molecule has 0 aromatic heterocycles. The van der Waals surface area contributed by atoms with Crippen LogP contribution in [0.5, 0.6) is 0 Å². The molecule has 0 aliphatic carbocycles. The maximum atomic E-state index is 12.2. The van der Waals surface area contributed by atoms with Crippen molar-refractivity contribution in [3.8, 4) is 0 Å². The summed E-state index contributed by atoms with van der Waals surface area (Å²) in [5.74, 6) is -0.0820. The molecular weight excluding hydrogens is 314 g/mol. The lowest BCUT2D eigenvalue weighted by atomic mass is 10.2. The Morgan fingerprint density at radius 1 is 1.00 bits per heavy atom. The average molecular weight is 326 g/mol. The number of para-hydroxylation sites is 1. The van der Waals surface area contributed by atoms with Crippen molar-refractivity contribution in [2.45, 2.75) is 10.6 Å². The van der Waals surface area contributed by atoms with Crippen LogP contribution < -0.4 is 5.73 Å². The normalized spacial score (nSPS) is 11.4. The SMILES string of the molecule is Nc1ccccc1CS(=O)(=O)c1ccc(Br)cc1. The number of nitrogen functional groups attached to an aromatic ring is 1. The second-order valence-corrected chi connectivity index (χ2v) is 6.82. The number of hydrogen-bond acceptors (Lipinski definition) is 3. The van der Waals surface area contributed by atoms with Gasteiger partial charge in [0.05, 0.1) is 10.6 Å². The van der Waals surface area contributed by atoms with E-state index in [0.29, 0.717) is 16.1 Å². The van der Waals surface area contributed by atoms with Gasteiger partial charge in [0.15, 0.2) is 9.84 Å². The van der Waals surface area contributed by atoms with E-state index in [-0.39, 0.29) is 5.75 Å². The van der Waals surface area contributed by atoms with E-state index in [9.17, 15) is 8.42 Å². The van der Waals surface area contributed by atoms with E-state index >= 15 is 0 Å². The van der Waals surface area contributed by atoms with Gasteiger partial charge in [0, 0.05) is 10.2 Å². The van der Waals surface area contributed by atoms with Gasteiger partial charge in [0.1, 0.15) is 0 Å². The summed E-state index contributed by atoms with van der Waals surface area (Å²) in [5.41, 5.74) is 6.88. The lowest BCUT2D eigenvalue weighted by Crippen LogP contribution is -2.06. The Hall–Kier alpha value is -1.33. The molecule has 0 radical (unpaired) electrons. The van der Waals surface area contributed by atoms with Crippen LogP contribution in [-0.2, 0) is 15.6 Å². The minimum absolute atomic E-state index is 0.0820. The molecule has 0 spiro atoms. The van der Waals surface area contributed by atoms with Crippen molar-refractivity contribution in [2.24, 2.45) is 0 Å². The van der Waals surface area contributed by atoms with E-state index in [1.165, 1.54) is 0 Å². The maximum absolute atomic E-state index is 12.2. The van der Waals surface area contributed by atoms with Gasteiger partial charge >= 0.3 is 0 Å². The molecule has 0 saturated carbocycles. The first kappa shape index (κ1) is 13.1. The van der Waals surface area contributed by atoms with Gasteiger partial charge in [-0.1, -0.05) is 34.1 Å². The van der Waals surface area contributed by atoms with E-state index < -0.39 is 9.84 Å². The zero-order chi connectivity index (χ0) is 13.2. The van der Waals surface area contributed by atoms with Crippen LogP contribution in [0.25, 0.3) is 0 Å². The highest BCUT2D eigenvalue weighted by Crippen LogP contribution is 2.21. The van der Waals surface area contributed by atoms with E-state index in [1.807, 2.05) is 0 Å². The summed E-state index contributed by atoms with van der Waals surface area (Å²) in [6, 6.07) is 13.6. The monoisotopic (exact) mass is 325 g/mol. The van der Waals surface area contributed by atoms with Crippen LogP contribution >= 0.6 is 15.9 Å². The summed E-state index contributed by atoms with van der Waals surface area (Å²) in [5, 5.41) is 0. The molecule has 0 aliphatic rings. The zero-order valence-electron chi connectivity index (χ0n) is 9.51. The molecule has 0 unspecified atom stereocenters. The first-order chi connectivity index (χ1) is 8.49. The Morgan fingerprint density at radius 2 is 1.61 bits per heavy atom. The van der Waals surface area contributed by atoms with Crippen molar-refractivity contribution >= 4 is 31.5 Å². The third-order valence-corrected chi connectivity index (χ3v) is 4.78. The topological polar surface area (TPSA) is 60.2 Å². The summed E-state index contributed by atoms with van der Waals surface area (Å²) < 4.78 is 25.2. The van der Waals surface area contributed by atoms with E-state index in [2.05, 4.69) is 15.9 Å². The largest absolute Gasteiger partial charge is 0.398 e. The van der Waals surface area contributed by atoms with Crippen LogP contribution in [0, 0.1) is 0 Å². The highest BCUT2D eigenvalue weighted by atomic mass is 79.9. The summed E-state index contributed by atoms with van der Waals surface area (Å²) >= 11 is 3.28. The molecule has 0 amide bonds. The van der Waals surface area contributed by atoms with Crippen LogP contribution in [-0.4, -0.2) is 8.42 Å². The van der Waals surface area contributed by atoms with Crippen molar-refractivity contribution in [2.75, 3.05) is 5.73 Å². The summed E-state index contributed by atoms with van der Waals surface area (Å²) in [6.45, 7) is 0. The number of sulfone groups is 1. The van der Waals surface area contributed by atoms with Crippen LogP contribution in [0.3, 0.4) is 0 Å². The highest BCUT2D eigenvalue weighted by Gasteiger charge is 2.16. The van der Waals surface area contributed by atoms with Gasteiger partial charge in [0.2, 0.25) is 0 Å². The summed E-state index contributed by atoms with van der Waals surface area (Å²) in [4.78, 5) is 0.300. The van der Waals surface area contributed by atoms with Gasteiger partial charge in [-0.2, -0.15) is 0 Å². The summed E-state index contributed by atoms with van der Waals surface area (Å²) in [6.07, 6.45) is 0. The molecule has 0 saturated heterocycles. The Bertz CT molecular complexity index is 651. The van der Waals surface area contributed by atoms with Crippen molar-refractivity contribution in [1.82, 2.24) is 0 Å². The minimum atomic E-state index is -3.35. The van der Waals surface area contributed by atoms with Crippen LogP contribution in [0.4, 0.5) is 5.69 Å². The zero-order valence-corrected chi connectivity index (χ0v) is 11.9. The number of nitrogens with two attached hydrogens (primary N) is 1. The molecule has 94 valence electrons. The quantitative estimate of drug-likeness (QED) is 0.882. The second-order valence-electron chi connectivity index (χ2n) is 3.91. The molecule has 0 bridgehead atoms. The van der Waals surface area contributed by atoms with Gasteiger partial charge < -0.3 is 5.73 Å². The fourth-order valence-electron chi connectivity index (χ4n) is 1.60. The molecule has 2 N–H and O–H groups in total. The molecule has 2 aromatic carbocycles. The van der Waals surface area contributed by atoms with Gasteiger partial charge in [-0.3, -0.25) is 0 Å². The van der Waals surface area contributed by atoms with Gasteiger partial charge in [-0.15, -0.1) is 0 Å². The predicted octanol–water partition coefficient (Wildman–Crippen LogP) is 3.01. The molecule has 2 rings (SSSR count). The van der Waals surface area contributed by atoms with Crippen LogP contribution in [0.15, 0.2) is 57.9 Å². The predicted molar refractivity (Wildman–Crippen MR) is 75.9 cm³/mol. The van der Waals surface area contributed by atoms with Crippen LogP contribution in [0.1, 0.15) is 5.56 Å². The first-order valence-electron chi connectivity index (χ1n) is 5.31. The fraction of sp³-hybridized carbons (Fsp3) is 0.0769. The fourth-order valence-corrected chi connectivity index (χ4v) is 3.25. The van der Waals surface area contributed by atoms with Gasteiger partial charge in [0.25, 0.3) is 0 Å². The first-order valence-corrected chi connectivity index (χ1v) is 7.75. The Kier molecular flexibility index (Phi) is 3.73. The minimum Gasteiger partial charge on any atom is -0.398 e. The Labute approximate surface area is 115 Å². The lowest BCUT2D eigenvalue weighted by Gasteiger charge is -2.07. The number of hydrogen-bond donors (Lipinski definition) is 1. The number of rotatable bonds is 3. The second kappa shape index (κ2) is 5.12. The molecule has 2 aromatic rings. The standard InChI is InChI=1S/C13H12BrNO2S/c14-11-5-7-12(8-6-11)18(16,17)9-10-3-1-2-4-13(10)15/h1-8H,9,15H2. The molecular formula is C13H12BrNO2S. The molecule has 0 heterocycles. The maximum Gasteiger partial charge on any atom is 0.182 e. The number of anilines is 1. The lowest BCUT2D eigenvalue weighted by molar-refractivity contribution is 0.595. The molecule has 0 fully saturated rings. The van der Waals surface area contributed by atoms with E-state index in [1.54, 1.807) is 48.5 Å². The number of halogens is 1. The van der Waals surface area contributed by atoms with Crippen molar-refractivity contribution in [3.63, 3.8) is 0 Å². The highest BCUT2D eigenvalue weighted by molar-refractivity contribution is 9.10. The van der Waals surface area contributed by atoms with Crippen molar-refractivity contribution in [3.05, 3.63) is 58.6 Å². The average Bonchev–Trinajstić information content (AvgIpc) is 2.32. The molecule has 3 nitrogen and oxygen atoms in total. The third-order valence-electron chi connectivity index (χ3n) is 2.57. The van der Waals surface area contributed by atoms with Crippen molar-refractivity contribution < 1.29 is 8.42 Å². The van der Waals surface area contributed by atoms with E-state index in [0.717, 1.165) is 4.47 Å². The summed E-state index contributed by atoms with van der Waals surface area (Å²) in [7, 11) is -3.35. The van der Waals surface area contributed by atoms with Gasteiger partial charge in [-0.05, 0) is 35.9 Å². The van der Waals surface area contributed by atoms with Crippen LogP contribution in [0.2, 0.25) is 0 Å². The molecule has 0 aliphatic heterocycles. The molecule has 18 heavy (non-hydrogen) atoms.